The fourth-order valence-corrected chi connectivity index (χ4v) is 1.15. The van der Waals surface area contributed by atoms with E-state index >= 15 is 0 Å². The summed E-state index contributed by atoms with van der Waals surface area (Å²) in [5.74, 6) is 0. The molecule has 0 heterocycles. The average Bonchev–Trinajstić information content (AvgIpc) is 2.04. The van der Waals surface area contributed by atoms with Crippen molar-refractivity contribution in [3.63, 3.8) is 0 Å². The number of rotatable bonds is 7. The van der Waals surface area contributed by atoms with Crippen LogP contribution in [-0.4, -0.2) is 23.9 Å². The van der Waals surface area contributed by atoms with Crippen LogP contribution in [-0.2, 0) is 4.79 Å². The number of hydrogen-bond acceptors (Lipinski definition) is 1. The van der Waals surface area contributed by atoms with Crippen molar-refractivity contribution in [3.05, 3.63) is 0 Å². The molecular weight excluding hydrogens is 150 g/mol. The molecule has 0 N–H and O–H groups in total. The largest absolute Gasteiger partial charge is 0.343 e. The average molecular weight is 171 g/mol. The SMILES string of the molecule is CCCCCCN(C=O)C(C)C. The first-order valence-corrected chi connectivity index (χ1v) is 4.93. The highest BCUT2D eigenvalue weighted by Gasteiger charge is 2.04. The number of nitrogens with zero attached hydrogens (tertiary/aromatic N) is 1. The maximum Gasteiger partial charge on any atom is 0.209 e. The lowest BCUT2D eigenvalue weighted by Gasteiger charge is -2.21. The Balaban J connectivity index is 3.38. The summed E-state index contributed by atoms with van der Waals surface area (Å²) >= 11 is 0. The summed E-state index contributed by atoms with van der Waals surface area (Å²) < 4.78 is 0. The van der Waals surface area contributed by atoms with Crippen LogP contribution in [0.2, 0.25) is 0 Å². The number of hydrogen-bond donors (Lipinski definition) is 0. The van der Waals surface area contributed by atoms with E-state index in [0.717, 1.165) is 19.4 Å². The quantitative estimate of drug-likeness (QED) is 0.425. The molecule has 0 aliphatic rings. The minimum atomic E-state index is 0.351. The lowest BCUT2D eigenvalue weighted by atomic mass is 10.2. The fraction of sp³-hybridized carbons (Fsp3) is 0.900. The van der Waals surface area contributed by atoms with Crippen molar-refractivity contribution in [2.24, 2.45) is 0 Å². The number of unbranched alkanes of at least 4 members (excludes halogenated alkanes) is 3. The molecule has 0 saturated heterocycles. The van der Waals surface area contributed by atoms with Crippen LogP contribution in [0, 0.1) is 0 Å². The molecule has 0 fully saturated rings. The van der Waals surface area contributed by atoms with Gasteiger partial charge in [-0.1, -0.05) is 26.2 Å². The molecule has 0 aromatic rings. The van der Waals surface area contributed by atoms with E-state index in [1.165, 1.54) is 19.3 Å². The highest BCUT2D eigenvalue weighted by atomic mass is 16.1. The third-order valence-electron chi connectivity index (χ3n) is 2.07. The second kappa shape index (κ2) is 7.14. The van der Waals surface area contributed by atoms with Gasteiger partial charge in [-0.2, -0.15) is 0 Å². The van der Waals surface area contributed by atoms with Crippen LogP contribution >= 0.6 is 0 Å². The van der Waals surface area contributed by atoms with Crippen molar-refractivity contribution in [2.75, 3.05) is 6.54 Å². The van der Waals surface area contributed by atoms with Crippen LogP contribution in [0.3, 0.4) is 0 Å². The van der Waals surface area contributed by atoms with Crippen molar-refractivity contribution in [1.82, 2.24) is 4.90 Å². The smallest absolute Gasteiger partial charge is 0.209 e. The van der Waals surface area contributed by atoms with Gasteiger partial charge in [0, 0.05) is 12.6 Å². The van der Waals surface area contributed by atoms with Gasteiger partial charge in [-0.05, 0) is 20.3 Å². The normalized spacial score (nSPS) is 10.3. The zero-order valence-corrected chi connectivity index (χ0v) is 8.55. The Hall–Kier alpha value is -0.530. The summed E-state index contributed by atoms with van der Waals surface area (Å²) in [6, 6.07) is 0.351. The predicted octanol–water partition coefficient (Wildman–Crippen LogP) is 2.43. The van der Waals surface area contributed by atoms with E-state index in [1.54, 1.807) is 0 Å². The van der Waals surface area contributed by atoms with Gasteiger partial charge in [-0.15, -0.1) is 0 Å². The molecular formula is C10H21NO. The zero-order valence-electron chi connectivity index (χ0n) is 8.55. The minimum Gasteiger partial charge on any atom is -0.343 e. The summed E-state index contributed by atoms with van der Waals surface area (Å²) in [7, 11) is 0. The third-order valence-corrected chi connectivity index (χ3v) is 2.07. The van der Waals surface area contributed by atoms with E-state index in [9.17, 15) is 4.79 Å². The Morgan fingerprint density at radius 2 is 1.92 bits per heavy atom. The van der Waals surface area contributed by atoms with E-state index in [-0.39, 0.29) is 0 Å². The van der Waals surface area contributed by atoms with Crippen LogP contribution in [0.25, 0.3) is 0 Å². The second-order valence-corrected chi connectivity index (χ2v) is 3.50. The van der Waals surface area contributed by atoms with Crippen molar-refractivity contribution in [1.29, 1.82) is 0 Å². The van der Waals surface area contributed by atoms with E-state index < -0.39 is 0 Å². The van der Waals surface area contributed by atoms with Gasteiger partial charge in [0.2, 0.25) is 6.41 Å². The first-order valence-electron chi connectivity index (χ1n) is 4.93. The molecule has 2 nitrogen and oxygen atoms in total. The molecule has 0 bridgehead atoms. The van der Waals surface area contributed by atoms with Gasteiger partial charge in [0.05, 0.1) is 0 Å². The Kier molecular flexibility index (Phi) is 6.82. The van der Waals surface area contributed by atoms with Crippen molar-refractivity contribution in [2.45, 2.75) is 52.5 Å². The van der Waals surface area contributed by atoms with E-state index in [1.807, 2.05) is 18.7 Å². The first kappa shape index (κ1) is 11.5. The van der Waals surface area contributed by atoms with Gasteiger partial charge in [0.15, 0.2) is 0 Å². The van der Waals surface area contributed by atoms with Crippen molar-refractivity contribution < 1.29 is 4.79 Å². The molecule has 0 saturated carbocycles. The second-order valence-electron chi connectivity index (χ2n) is 3.50. The summed E-state index contributed by atoms with van der Waals surface area (Å²) in [5.41, 5.74) is 0. The van der Waals surface area contributed by atoms with Crippen LogP contribution in [0.1, 0.15) is 46.5 Å². The standard InChI is InChI=1S/C10H21NO/c1-4-5-6-7-8-11(9-12)10(2)3/h9-10H,4-8H2,1-3H3. The molecule has 0 aromatic carbocycles. The Labute approximate surface area is 75.9 Å². The van der Waals surface area contributed by atoms with Gasteiger partial charge in [-0.25, -0.2) is 0 Å². The van der Waals surface area contributed by atoms with Gasteiger partial charge >= 0.3 is 0 Å². The third kappa shape index (κ3) is 5.16. The van der Waals surface area contributed by atoms with Crippen LogP contribution < -0.4 is 0 Å². The fourth-order valence-electron chi connectivity index (χ4n) is 1.15. The molecule has 0 rings (SSSR count). The molecule has 1 amide bonds. The van der Waals surface area contributed by atoms with Gasteiger partial charge in [-0.3, -0.25) is 4.79 Å². The molecule has 0 atom stereocenters. The van der Waals surface area contributed by atoms with E-state index in [2.05, 4.69) is 6.92 Å². The Morgan fingerprint density at radius 1 is 1.25 bits per heavy atom. The van der Waals surface area contributed by atoms with E-state index in [4.69, 9.17) is 0 Å². The highest BCUT2D eigenvalue weighted by Crippen LogP contribution is 2.02. The number of carbonyl (C=O) groups excluding carboxylic acids is 1. The number of amides is 1. The lowest BCUT2D eigenvalue weighted by Crippen LogP contribution is -2.30. The predicted molar refractivity (Wildman–Crippen MR) is 52.0 cm³/mol. The molecule has 0 spiro atoms. The molecule has 72 valence electrons. The highest BCUT2D eigenvalue weighted by molar-refractivity contribution is 5.47. The van der Waals surface area contributed by atoms with Crippen LogP contribution in [0.5, 0.6) is 0 Å². The van der Waals surface area contributed by atoms with Gasteiger partial charge in [0.1, 0.15) is 0 Å². The van der Waals surface area contributed by atoms with Gasteiger partial charge in [0.25, 0.3) is 0 Å². The van der Waals surface area contributed by atoms with Crippen LogP contribution in [0.4, 0.5) is 0 Å². The first-order chi connectivity index (χ1) is 5.72. The minimum absolute atomic E-state index is 0.351. The topological polar surface area (TPSA) is 20.3 Å². The van der Waals surface area contributed by atoms with Crippen LogP contribution in [0.15, 0.2) is 0 Å². The molecule has 2 heteroatoms. The van der Waals surface area contributed by atoms with Crippen molar-refractivity contribution >= 4 is 6.41 Å². The van der Waals surface area contributed by atoms with Gasteiger partial charge < -0.3 is 4.90 Å². The number of carbonyl (C=O) groups is 1. The maximum atomic E-state index is 10.5. The molecule has 0 radical (unpaired) electrons. The molecule has 12 heavy (non-hydrogen) atoms. The lowest BCUT2D eigenvalue weighted by molar-refractivity contribution is -0.119. The monoisotopic (exact) mass is 171 g/mol. The summed E-state index contributed by atoms with van der Waals surface area (Å²) in [6.07, 6.45) is 5.88. The molecule has 0 aliphatic heterocycles. The van der Waals surface area contributed by atoms with E-state index in [0.29, 0.717) is 6.04 Å². The molecule has 0 aromatic heterocycles. The summed E-state index contributed by atoms with van der Waals surface area (Å²) in [6.45, 7) is 7.21. The summed E-state index contributed by atoms with van der Waals surface area (Å²) in [5, 5.41) is 0. The summed E-state index contributed by atoms with van der Waals surface area (Å²) in [4.78, 5) is 12.4. The van der Waals surface area contributed by atoms with Crippen molar-refractivity contribution in [3.8, 4) is 0 Å². The molecule has 0 aliphatic carbocycles. The Bertz CT molecular complexity index is 112. The Morgan fingerprint density at radius 3 is 2.33 bits per heavy atom. The molecule has 0 unspecified atom stereocenters. The zero-order chi connectivity index (χ0) is 9.40. The maximum absolute atomic E-state index is 10.5.